The van der Waals surface area contributed by atoms with E-state index >= 15 is 0 Å². The molecule has 0 fully saturated rings. The zero-order valence-electron chi connectivity index (χ0n) is 13.5. The summed E-state index contributed by atoms with van der Waals surface area (Å²) in [5.74, 6) is -0.435. The average Bonchev–Trinajstić information content (AvgIpc) is 2.96. The average molecular weight is 316 g/mol. The SMILES string of the molecule is CN(C)c1ccc(CNC(=O)c2cnn3c2CCCC3)cc1F. The van der Waals surface area contributed by atoms with Crippen molar-refractivity contribution in [3.8, 4) is 0 Å². The fraction of sp³-hybridized carbons (Fsp3) is 0.412. The quantitative estimate of drug-likeness (QED) is 0.942. The van der Waals surface area contributed by atoms with Crippen LogP contribution >= 0.6 is 0 Å². The highest BCUT2D eigenvalue weighted by atomic mass is 19.1. The predicted octanol–water partition coefficient (Wildman–Crippen LogP) is 2.35. The van der Waals surface area contributed by atoms with Gasteiger partial charge in [-0.3, -0.25) is 9.48 Å². The Bertz CT molecular complexity index is 723. The van der Waals surface area contributed by atoms with Crippen LogP contribution in [0.5, 0.6) is 0 Å². The van der Waals surface area contributed by atoms with Gasteiger partial charge in [-0.15, -0.1) is 0 Å². The lowest BCUT2D eigenvalue weighted by Crippen LogP contribution is -2.25. The fourth-order valence-electron chi connectivity index (χ4n) is 2.91. The molecule has 0 spiro atoms. The number of carbonyl (C=O) groups is 1. The summed E-state index contributed by atoms with van der Waals surface area (Å²) in [5.41, 5.74) is 2.91. The van der Waals surface area contributed by atoms with E-state index < -0.39 is 0 Å². The van der Waals surface area contributed by atoms with Gasteiger partial charge in [0.25, 0.3) is 5.91 Å². The molecule has 1 N–H and O–H groups in total. The van der Waals surface area contributed by atoms with Gasteiger partial charge in [0, 0.05) is 27.2 Å². The molecule has 2 aromatic rings. The molecule has 0 bridgehead atoms. The zero-order valence-corrected chi connectivity index (χ0v) is 13.5. The van der Waals surface area contributed by atoms with Crippen LogP contribution in [0.2, 0.25) is 0 Å². The number of fused-ring (bicyclic) bond motifs is 1. The number of nitrogens with one attached hydrogen (secondary N) is 1. The van der Waals surface area contributed by atoms with E-state index in [1.807, 2.05) is 10.7 Å². The summed E-state index contributed by atoms with van der Waals surface area (Å²) >= 11 is 0. The molecule has 0 saturated heterocycles. The molecule has 1 aromatic heterocycles. The van der Waals surface area contributed by atoms with Gasteiger partial charge in [0.1, 0.15) is 5.82 Å². The molecule has 23 heavy (non-hydrogen) atoms. The summed E-state index contributed by atoms with van der Waals surface area (Å²) in [6.45, 7) is 1.17. The van der Waals surface area contributed by atoms with Crippen LogP contribution in [0.15, 0.2) is 24.4 Å². The molecule has 3 rings (SSSR count). The maximum atomic E-state index is 14.0. The van der Waals surface area contributed by atoms with Crippen LogP contribution in [0.25, 0.3) is 0 Å². The lowest BCUT2D eigenvalue weighted by atomic mass is 10.1. The Morgan fingerprint density at radius 3 is 2.96 bits per heavy atom. The highest BCUT2D eigenvalue weighted by molar-refractivity contribution is 5.95. The molecule has 6 heteroatoms. The van der Waals surface area contributed by atoms with Gasteiger partial charge in [-0.1, -0.05) is 6.07 Å². The topological polar surface area (TPSA) is 50.2 Å². The molecule has 0 atom stereocenters. The van der Waals surface area contributed by atoms with Crippen molar-refractivity contribution in [3.05, 3.63) is 47.0 Å². The highest BCUT2D eigenvalue weighted by Gasteiger charge is 2.19. The van der Waals surface area contributed by atoms with Gasteiger partial charge in [0.05, 0.1) is 23.1 Å². The molecule has 0 saturated carbocycles. The van der Waals surface area contributed by atoms with E-state index in [2.05, 4.69) is 10.4 Å². The number of amides is 1. The van der Waals surface area contributed by atoms with Crippen molar-refractivity contribution in [1.82, 2.24) is 15.1 Å². The number of rotatable bonds is 4. The van der Waals surface area contributed by atoms with Crippen molar-refractivity contribution in [3.63, 3.8) is 0 Å². The minimum atomic E-state index is -0.287. The van der Waals surface area contributed by atoms with Gasteiger partial charge in [-0.05, 0) is 37.0 Å². The summed E-state index contributed by atoms with van der Waals surface area (Å²) in [4.78, 5) is 14.1. The minimum Gasteiger partial charge on any atom is -0.375 e. The number of nitrogens with zero attached hydrogens (tertiary/aromatic N) is 3. The molecule has 2 heterocycles. The zero-order chi connectivity index (χ0) is 16.4. The summed E-state index contributed by atoms with van der Waals surface area (Å²) < 4.78 is 15.9. The van der Waals surface area contributed by atoms with E-state index in [1.54, 1.807) is 31.3 Å². The summed E-state index contributed by atoms with van der Waals surface area (Å²) in [7, 11) is 3.59. The molecule has 1 aliphatic heterocycles. The Kier molecular flexibility index (Phi) is 4.32. The van der Waals surface area contributed by atoms with Gasteiger partial charge in [0.15, 0.2) is 0 Å². The van der Waals surface area contributed by atoms with Crippen molar-refractivity contribution in [2.24, 2.45) is 0 Å². The van der Waals surface area contributed by atoms with Gasteiger partial charge < -0.3 is 10.2 Å². The number of halogens is 1. The minimum absolute atomic E-state index is 0.148. The lowest BCUT2D eigenvalue weighted by Gasteiger charge is -2.15. The third-order valence-corrected chi connectivity index (χ3v) is 4.17. The first-order valence-corrected chi connectivity index (χ1v) is 7.85. The van der Waals surface area contributed by atoms with Gasteiger partial charge >= 0.3 is 0 Å². The molecule has 5 nitrogen and oxygen atoms in total. The molecule has 122 valence electrons. The van der Waals surface area contributed by atoms with Crippen LogP contribution < -0.4 is 10.2 Å². The van der Waals surface area contributed by atoms with Gasteiger partial charge in [0.2, 0.25) is 0 Å². The first kappa shape index (κ1) is 15.5. The van der Waals surface area contributed by atoms with Gasteiger partial charge in [-0.25, -0.2) is 4.39 Å². The number of hydrogen-bond acceptors (Lipinski definition) is 3. The maximum Gasteiger partial charge on any atom is 0.255 e. The monoisotopic (exact) mass is 316 g/mol. The number of anilines is 1. The first-order chi connectivity index (χ1) is 11.1. The van der Waals surface area contributed by atoms with E-state index in [-0.39, 0.29) is 11.7 Å². The third-order valence-electron chi connectivity index (χ3n) is 4.17. The summed E-state index contributed by atoms with van der Waals surface area (Å²) in [5, 5.41) is 7.12. The van der Waals surface area contributed by atoms with Crippen LogP contribution in [0.3, 0.4) is 0 Å². The number of carbonyl (C=O) groups excluding carboxylic acids is 1. The Hall–Kier alpha value is -2.37. The second kappa shape index (κ2) is 6.40. The van der Waals surface area contributed by atoms with Crippen LogP contribution in [0.1, 0.15) is 34.5 Å². The molecule has 0 aliphatic carbocycles. The van der Waals surface area contributed by atoms with Crippen LogP contribution in [-0.2, 0) is 19.5 Å². The number of hydrogen-bond donors (Lipinski definition) is 1. The van der Waals surface area contributed by atoms with Crippen molar-refractivity contribution in [2.75, 3.05) is 19.0 Å². The Balaban J connectivity index is 1.67. The smallest absolute Gasteiger partial charge is 0.255 e. The van der Waals surface area contributed by atoms with Crippen molar-refractivity contribution >= 4 is 11.6 Å². The predicted molar refractivity (Wildman–Crippen MR) is 87.1 cm³/mol. The highest BCUT2D eigenvalue weighted by Crippen LogP contribution is 2.19. The second-order valence-corrected chi connectivity index (χ2v) is 6.05. The summed E-state index contributed by atoms with van der Waals surface area (Å²) in [6, 6.07) is 5.01. The Morgan fingerprint density at radius 1 is 1.39 bits per heavy atom. The van der Waals surface area contributed by atoms with Crippen molar-refractivity contribution < 1.29 is 9.18 Å². The van der Waals surface area contributed by atoms with Crippen LogP contribution in [0.4, 0.5) is 10.1 Å². The third kappa shape index (κ3) is 3.21. The Morgan fingerprint density at radius 2 is 2.22 bits per heavy atom. The molecule has 0 unspecified atom stereocenters. The largest absolute Gasteiger partial charge is 0.375 e. The molecule has 0 radical (unpaired) electrons. The standard InChI is InChI=1S/C17H21FN4O/c1-21(2)16-7-6-12(9-14(16)18)10-19-17(23)13-11-20-22-8-4-3-5-15(13)22/h6-7,9,11H,3-5,8,10H2,1-2H3,(H,19,23). The van der Waals surface area contributed by atoms with E-state index in [4.69, 9.17) is 0 Å². The van der Waals surface area contributed by atoms with E-state index in [1.165, 1.54) is 6.07 Å². The second-order valence-electron chi connectivity index (χ2n) is 6.05. The molecule has 1 aliphatic rings. The normalized spacial score (nSPS) is 13.5. The number of benzene rings is 1. The van der Waals surface area contributed by atoms with Crippen molar-refractivity contribution in [1.29, 1.82) is 0 Å². The van der Waals surface area contributed by atoms with Gasteiger partial charge in [-0.2, -0.15) is 5.10 Å². The van der Waals surface area contributed by atoms with Crippen LogP contribution in [-0.4, -0.2) is 29.8 Å². The molecular weight excluding hydrogens is 295 g/mol. The molecular formula is C17H21FN4O. The maximum absolute atomic E-state index is 14.0. The number of aryl methyl sites for hydroxylation is 1. The lowest BCUT2D eigenvalue weighted by molar-refractivity contribution is 0.0949. The van der Waals surface area contributed by atoms with E-state index in [0.29, 0.717) is 17.8 Å². The van der Waals surface area contributed by atoms with Crippen LogP contribution in [0, 0.1) is 5.82 Å². The Labute approximate surface area is 135 Å². The van der Waals surface area contributed by atoms with Crippen molar-refractivity contribution in [2.45, 2.75) is 32.4 Å². The summed E-state index contributed by atoms with van der Waals surface area (Å²) in [6.07, 6.45) is 4.71. The number of aromatic nitrogens is 2. The van der Waals surface area contributed by atoms with E-state index in [9.17, 15) is 9.18 Å². The first-order valence-electron chi connectivity index (χ1n) is 7.85. The fourth-order valence-corrected chi connectivity index (χ4v) is 2.91. The van der Waals surface area contributed by atoms with E-state index in [0.717, 1.165) is 37.1 Å². The molecule has 1 aromatic carbocycles. The molecule has 1 amide bonds.